The number of hydrogen-bond donors (Lipinski definition) is 1. The molecule has 252 valence electrons. The van der Waals surface area contributed by atoms with Gasteiger partial charge in [0.15, 0.2) is 0 Å². The highest BCUT2D eigenvalue weighted by Gasteiger charge is 2.32. The first-order chi connectivity index (χ1) is 22.6. The van der Waals surface area contributed by atoms with E-state index in [0.717, 1.165) is 51.3 Å². The first-order valence-electron chi connectivity index (χ1n) is 15.5. The van der Waals surface area contributed by atoms with Crippen LogP contribution in [0.25, 0.3) is 33.3 Å². The number of anilines is 1. The van der Waals surface area contributed by atoms with Crippen molar-refractivity contribution in [1.82, 2.24) is 19.3 Å². The molecule has 48 heavy (non-hydrogen) atoms. The van der Waals surface area contributed by atoms with E-state index in [4.69, 9.17) is 19.6 Å². The number of thiol groups is 1. The number of ether oxygens (including phenoxy) is 2. The van der Waals surface area contributed by atoms with Crippen molar-refractivity contribution < 1.29 is 31.5 Å². The summed E-state index contributed by atoms with van der Waals surface area (Å²) < 4.78 is 67.4. The van der Waals surface area contributed by atoms with Gasteiger partial charge in [0.1, 0.15) is 28.6 Å². The highest BCUT2D eigenvalue weighted by atomic mass is 32.2. The minimum Gasteiger partial charge on any atom is -0.495 e. The van der Waals surface area contributed by atoms with Crippen LogP contribution >= 0.6 is 0 Å². The van der Waals surface area contributed by atoms with Crippen LogP contribution in [0, 0.1) is 25.5 Å². The molecule has 3 aromatic heterocycles. The SMILES string of the molecule is COc1ccc(-c2cc3c(-c4c(C)nn(Cc5cc(F)cc(F)c5)c4C)cn(C(=O)OC(C)(C)C)c3nc2C2CC2)cc1N(C)[SH](=O)=O. The summed E-state index contributed by atoms with van der Waals surface area (Å²) in [5, 5.41) is 5.37. The molecule has 0 unspecified atom stereocenters. The van der Waals surface area contributed by atoms with Gasteiger partial charge >= 0.3 is 6.09 Å². The number of hydrogen-bond acceptors (Lipinski definition) is 7. The van der Waals surface area contributed by atoms with Gasteiger partial charge in [-0.15, -0.1) is 0 Å². The molecule has 0 bridgehead atoms. The molecule has 0 atom stereocenters. The summed E-state index contributed by atoms with van der Waals surface area (Å²) >= 11 is 0. The number of methoxy groups -OCH3 is 1. The number of fused-ring (bicyclic) bond motifs is 1. The number of carbonyl (C=O) groups excluding carboxylic acids is 1. The summed E-state index contributed by atoms with van der Waals surface area (Å²) in [6.07, 6.45) is 2.95. The minimum atomic E-state index is -2.92. The predicted octanol–water partition coefficient (Wildman–Crippen LogP) is 7.14. The van der Waals surface area contributed by atoms with E-state index in [0.29, 0.717) is 39.3 Å². The van der Waals surface area contributed by atoms with E-state index in [2.05, 4.69) is 0 Å². The van der Waals surface area contributed by atoms with Gasteiger partial charge in [0, 0.05) is 53.0 Å². The molecule has 5 aromatic rings. The molecule has 10 nitrogen and oxygen atoms in total. The number of aryl methyl sites for hydroxylation is 1. The van der Waals surface area contributed by atoms with Crippen LogP contribution in [0.2, 0.25) is 0 Å². The number of halogens is 2. The molecule has 13 heteroatoms. The van der Waals surface area contributed by atoms with Crippen molar-refractivity contribution in [2.45, 2.75) is 65.5 Å². The molecule has 1 aliphatic rings. The highest BCUT2D eigenvalue weighted by molar-refractivity contribution is 7.74. The Hall–Kier alpha value is -4.78. The normalized spacial score (nSPS) is 13.4. The summed E-state index contributed by atoms with van der Waals surface area (Å²) in [4.78, 5) is 18.7. The molecule has 1 aliphatic carbocycles. The van der Waals surface area contributed by atoms with Crippen LogP contribution in [0.1, 0.15) is 62.2 Å². The maximum atomic E-state index is 14.0. The minimum absolute atomic E-state index is 0.130. The van der Waals surface area contributed by atoms with E-state index in [1.807, 2.05) is 26.0 Å². The van der Waals surface area contributed by atoms with Gasteiger partial charge in [-0.3, -0.25) is 8.99 Å². The quantitative estimate of drug-likeness (QED) is 0.174. The summed E-state index contributed by atoms with van der Waals surface area (Å²) in [5.74, 6) is -0.789. The van der Waals surface area contributed by atoms with Crippen LogP contribution in [0.5, 0.6) is 5.75 Å². The number of nitrogens with zero attached hydrogens (tertiary/aromatic N) is 5. The van der Waals surface area contributed by atoms with Crippen LogP contribution in [0.15, 0.2) is 48.7 Å². The van der Waals surface area contributed by atoms with Gasteiger partial charge in [-0.05, 0) is 88.9 Å². The van der Waals surface area contributed by atoms with Crippen molar-refractivity contribution in [2.24, 2.45) is 0 Å². The summed E-state index contributed by atoms with van der Waals surface area (Å²) in [5.41, 5.74) is 5.55. The Labute approximate surface area is 279 Å². The molecule has 0 saturated heterocycles. The average molecular weight is 678 g/mol. The predicted molar refractivity (Wildman–Crippen MR) is 180 cm³/mol. The largest absolute Gasteiger partial charge is 0.495 e. The zero-order valence-electron chi connectivity index (χ0n) is 27.8. The zero-order chi connectivity index (χ0) is 34.7. The zero-order valence-corrected chi connectivity index (χ0v) is 28.7. The lowest BCUT2D eigenvalue weighted by Crippen LogP contribution is -2.27. The summed E-state index contributed by atoms with van der Waals surface area (Å²) in [6, 6.07) is 10.7. The van der Waals surface area contributed by atoms with Gasteiger partial charge in [0.25, 0.3) is 0 Å². The second-order valence-electron chi connectivity index (χ2n) is 13.1. The van der Waals surface area contributed by atoms with E-state index in [1.165, 1.54) is 30.9 Å². The van der Waals surface area contributed by atoms with E-state index in [1.54, 1.807) is 43.8 Å². The van der Waals surface area contributed by atoms with Crippen LogP contribution < -0.4 is 9.04 Å². The molecule has 0 spiro atoms. The molecule has 2 aromatic carbocycles. The van der Waals surface area contributed by atoms with Gasteiger partial charge < -0.3 is 9.47 Å². The second kappa shape index (κ2) is 12.3. The fourth-order valence-electron chi connectivity index (χ4n) is 6.02. The number of pyridine rings is 1. The van der Waals surface area contributed by atoms with Gasteiger partial charge in [0.05, 0.1) is 30.7 Å². The van der Waals surface area contributed by atoms with E-state index in [9.17, 15) is 22.0 Å². The topological polar surface area (TPSA) is 109 Å². The third-order valence-corrected chi connectivity index (χ3v) is 9.06. The van der Waals surface area contributed by atoms with E-state index < -0.39 is 34.2 Å². The van der Waals surface area contributed by atoms with Crippen molar-refractivity contribution in [2.75, 3.05) is 18.5 Å². The van der Waals surface area contributed by atoms with Crippen LogP contribution in [-0.2, 0) is 22.2 Å². The van der Waals surface area contributed by atoms with Gasteiger partial charge in [-0.25, -0.2) is 31.5 Å². The maximum Gasteiger partial charge on any atom is 0.420 e. The van der Waals surface area contributed by atoms with Crippen molar-refractivity contribution in [1.29, 1.82) is 0 Å². The fraction of sp³-hybridized carbons (Fsp3) is 0.343. The highest BCUT2D eigenvalue weighted by Crippen LogP contribution is 2.47. The molecule has 1 fully saturated rings. The molecular formula is C35H37F2N5O5S. The number of rotatable bonds is 8. The Morgan fingerprint density at radius 3 is 2.33 bits per heavy atom. The van der Waals surface area contributed by atoms with E-state index in [-0.39, 0.29) is 12.5 Å². The summed E-state index contributed by atoms with van der Waals surface area (Å²) in [7, 11) is 0.0125. The number of benzene rings is 2. The maximum absolute atomic E-state index is 14.0. The Bertz CT molecular complexity index is 2130. The lowest BCUT2D eigenvalue weighted by atomic mass is 9.97. The Morgan fingerprint density at radius 1 is 1.04 bits per heavy atom. The molecule has 6 rings (SSSR count). The number of aromatic nitrogens is 4. The van der Waals surface area contributed by atoms with Crippen molar-refractivity contribution >= 4 is 33.7 Å². The molecule has 0 radical (unpaired) electrons. The molecule has 0 N–H and O–H groups in total. The molecule has 1 saturated carbocycles. The first kappa shape index (κ1) is 33.1. The Balaban J connectivity index is 1.58. The van der Waals surface area contributed by atoms with Crippen molar-refractivity contribution in [3.05, 3.63) is 82.9 Å². The molecule has 0 aliphatic heterocycles. The Kier molecular flexibility index (Phi) is 8.52. The van der Waals surface area contributed by atoms with Gasteiger partial charge in [-0.2, -0.15) is 5.10 Å². The smallest absolute Gasteiger partial charge is 0.420 e. The van der Waals surface area contributed by atoms with Crippen molar-refractivity contribution in [3.8, 4) is 28.0 Å². The van der Waals surface area contributed by atoms with Crippen LogP contribution in [-0.4, -0.2) is 53.6 Å². The van der Waals surface area contributed by atoms with Gasteiger partial charge in [0.2, 0.25) is 10.9 Å². The van der Waals surface area contributed by atoms with Gasteiger partial charge in [-0.1, -0.05) is 6.07 Å². The van der Waals surface area contributed by atoms with Crippen molar-refractivity contribution in [3.63, 3.8) is 0 Å². The molecule has 0 amide bonds. The lowest BCUT2D eigenvalue weighted by Gasteiger charge is -2.20. The van der Waals surface area contributed by atoms with Crippen LogP contribution in [0.3, 0.4) is 0 Å². The standard InChI is InChI=1S/C35H37F2N5O5S/c1-19-31(20(2)42(39-19)17-21-12-24(36)15-25(37)13-21)28-18-41(34(43)47-35(3,4)5)33-27(28)16-26(32(38-33)22-8-9-22)23-10-11-30(46-7)29(14-23)40(6)48(44)45/h10-16,18,22,48H,8-9,17H2,1-7H3. The lowest BCUT2D eigenvalue weighted by molar-refractivity contribution is 0.0543. The first-order valence-corrected chi connectivity index (χ1v) is 16.6. The summed E-state index contributed by atoms with van der Waals surface area (Å²) in [6.45, 7) is 9.21. The molecular weight excluding hydrogens is 640 g/mol. The third kappa shape index (κ3) is 6.38. The number of carbonyl (C=O) groups is 1. The molecule has 3 heterocycles. The monoisotopic (exact) mass is 677 g/mol. The average Bonchev–Trinajstić information content (AvgIpc) is 3.74. The van der Waals surface area contributed by atoms with Crippen LogP contribution in [0.4, 0.5) is 19.3 Å². The van der Waals surface area contributed by atoms with E-state index >= 15 is 0 Å². The third-order valence-electron chi connectivity index (χ3n) is 8.35. The fourth-order valence-corrected chi connectivity index (χ4v) is 6.35. The Morgan fingerprint density at radius 2 is 1.73 bits per heavy atom. The second-order valence-corrected chi connectivity index (χ2v) is 14.2.